The Morgan fingerprint density at radius 3 is 2.53 bits per heavy atom. The Morgan fingerprint density at radius 2 is 1.78 bits per heavy atom. The Kier molecular flexibility index (Phi) is 7.51. The summed E-state index contributed by atoms with van der Waals surface area (Å²) in [5.41, 5.74) is 1.83. The number of unbranched alkanes of at least 4 members (excludes halogenated alkanes) is 2. The number of hydrogen-bond acceptors (Lipinski definition) is 4. The molecule has 1 amide bonds. The molecule has 0 radical (unpaired) electrons. The molecular weight excluding hydrogens is 448 g/mol. The van der Waals surface area contributed by atoms with Gasteiger partial charge in [-0.15, -0.1) is 0 Å². The highest BCUT2D eigenvalue weighted by atomic mass is 16.2. The van der Waals surface area contributed by atoms with Crippen LogP contribution < -0.4 is 5.32 Å². The van der Waals surface area contributed by atoms with Crippen molar-refractivity contribution in [1.82, 2.24) is 20.2 Å². The van der Waals surface area contributed by atoms with Crippen LogP contribution in [0.4, 0.5) is 0 Å². The van der Waals surface area contributed by atoms with Crippen LogP contribution in [0.3, 0.4) is 0 Å². The van der Waals surface area contributed by atoms with Crippen LogP contribution in [0.25, 0.3) is 22.0 Å². The van der Waals surface area contributed by atoms with E-state index in [0.29, 0.717) is 18.6 Å². The lowest BCUT2D eigenvalue weighted by molar-refractivity contribution is -0.139. The molecule has 3 aliphatic heterocycles. The Morgan fingerprint density at radius 1 is 1.03 bits per heavy atom. The Hall–Kier alpha value is -2.99. The van der Waals surface area contributed by atoms with Crippen LogP contribution in [0.15, 0.2) is 48.7 Å². The topological polar surface area (TPSA) is 78.1 Å². The Balaban J connectivity index is 1.31. The van der Waals surface area contributed by atoms with E-state index in [9.17, 15) is 9.59 Å². The molecule has 1 aromatic heterocycles. The van der Waals surface area contributed by atoms with E-state index in [1.165, 1.54) is 10.8 Å². The molecule has 2 bridgehead atoms. The molecule has 2 N–H and O–H groups in total. The molecule has 0 aliphatic carbocycles. The second kappa shape index (κ2) is 11.0. The molecule has 3 aliphatic rings. The van der Waals surface area contributed by atoms with E-state index in [-0.39, 0.29) is 17.4 Å². The van der Waals surface area contributed by atoms with Gasteiger partial charge >= 0.3 is 0 Å². The summed E-state index contributed by atoms with van der Waals surface area (Å²) in [6, 6.07) is 14.6. The quantitative estimate of drug-likeness (QED) is 0.336. The number of aromatic amines is 1. The fourth-order valence-corrected chi connectivity index (χ4v) is 5.80. The molecule has 0 spiro atoms. The van der Waals surface area contributed by atoms with Crippen molar-refractivity contribution in [3.05, 3.63) is 54.5 Å². The number of amides is 1. The van der Waals surface area contributed by atoms with Gasteiger partial charge in [0.1, 0.15) is 11.6 Å². The molecule has 6 rings (SSSR count). The number of nitrogens with one attached hydrogen (secondary N) is 2. The Labute approximate surface area is 213 Å². The van der Waals surface area contributed by atoms with Gasteiger partial charge in [-0.2, -0.15) is 0 Å². The van der Waals surface area contributed by atoms with Crippen molar-refractivity contribution in [2.24, 2.45) is 5.41 Å². The van der Waals surface area contributed by atoms with Gasteiger partial charge in [0.2, 0.25) is 5.91 Å². The number of Topliss-reactive ketones (excluding diaryl/α,β-unsaturated/α-hetero) is 1. The number of H-pyrrole nitrogens is 1. The minimum atomic E-state index is -0.228. The number of imidazole rings is 1. The number of fused-ring (bicyclic) bond motifs is 4. The number of hydrogen-bond donors (Lipinski definition) is 2. The fraction of sp³-hybridized carbons (Fsp3) is 0.500. The van der Waals surface area contributed by atoms with E-state index in [4.69, 9.17) is 4.98 Å². The largest absolute Gasteiger partial charge is 0.346 e. The van der Waals surface area contributed by atoms with Crippen LogP contribution in [0.1, 0.15) is 76.6 Å². The molecule has 6 nitrogen and oxygen atoms in total. The lowest BCUT2D eigenvalue weighted by atomic mass is 9.71. The molecule has 0 unspecified atom stereocenters. The van der Waals surface area contributed by atoms with Gasteiger partial charge in [0.25, 0.3) is 0 Å². The summed E-state index contributed by atoms with van der Waals surface area (Å²) < 4.78 is 0. The maximum Gasteiger partial charge on any atom is 0.226 e. The van der Waals surface area contributed by atoms with E-state index in [1.54, 1.807) is 0 Å². The molecule has 2 aromatic carbocycles. The summed E-state index contributed by atoms with van der Waals surface area (Å²) in [7, 11) is 0. The number of aromatic nitrogens is 2. The molecule has 36 heavy (non-hydrogen) atoms. The van der Waals surface area contributed by atoms with Crippen LogP contribution >= 0.6 is 0 Å². The normalized spacial score (nSPS) is 22.0. The highest BCUT2D eigenvalue weighted by Gasteiger charge is 2.45. The molecule has 1 atom stereocenters. The summed E-state index contributed by atoms with van der Waals surface area (Å²) in [6.07, 6.45) is 9.66. The fourth-order valence-electron chi connectivity index (χ4n) is 5.80. The first-order valence-corrected chi connectivity index (χ1v) is 13.7. The Bertz CT molecular complexity index is 1190. The third-order valence-electron chi connectivity index (χ3n) is 8.34. The standard InChI is InChI=1S/C30H38N4O2/c1-2-25(35)10-4-3-5-11-26(33-29(36)30-14-17-34(18-15-30)19-16-30)28-31-21-27(32-28)24-13-12-22-8-6-7-9-23(22)20-24/h6-9,12-13,20-21,26H,2-5,10-11,14-19H2,1H3,(H,31,32)(H,33,36)/t26-/m0/s1. The third-order valence-corrected chi connectivity index (χ3v) is 8.34. The summed E-state index contributed by atoms with van der Waals surface area (Å²) in [5.74, 6) is 1.34. The van der Waals surface area contributed by atoms with Gasteiger partial charge in [-0.3, -0.25) is 9.59 Å². The molecule has 3 saturated heterocycles. The number of carbonyl (C=O) groups excluding carboxylic acids is 2. The van der Waals surface area contributed by atoms with Gasteiger partial charge < -0.3 is 15.2 Å². The van der Waals surface area contributed by atoms with E-state index >= 15 is 0 Å². The van der Waals surface area contributed by atoms with Crippen LogP contribution in [-0.4, -0.2) is 46.2 Å². The van der Waals surface area contributed by atoms with Crippen molar-refractivity contribution in [3.63, 3.8) is 0 Å². The molecule has 0 saturated carbocycles. The zero-order valence-corrected chi connectivity index (χ0v) is 21.4. The van der Waals surface area contributed by atoms with Crippen molar-refractivity contribution >= 4 is 22.5 Å². The third kappa shape index (κ3) is 5.39. The minimum Gasteiger partial charge on any atom is -0.346 e. The van der Waals surface area contributed by atoms with E-state index in [0.717, 1.165) is 81.7 Å². The van der Waals surface area contributed by atoms with Gasteiger partial charge in [-0.25, -0.2) is 4.98 Å². The lowest BCUT2D eigenvalue weighted by Gasteiger charge is -2.47. The second-order valence-corrected chi connectivity index (χ2v) is 10.6. The van der Waals surface area contributed by atoms with Crippen molar-refractivity contribution in [3.8, 4) is 11.3 Å². The molecule has 3 fully saturated rings. The number of piperidine rings is 3. The van der Waals surface area contributed by atoms with Crippen molar-refractivity contribution < 1.29 is 9.59 Å². The van der Waals surface area contributed by atoms with E-state index in [1.807, 2.05) is 13.1 Å². The highest BCUT2D eigenvalue weighted by Crippen LogP contribution is 2.41. The zero-order chi connectivity index (χ0) is 25.0. The van der Waals surface area contributed by atoms with Crippen LogP contribution in [0.2, 0.25) is 0 Å². The second-order valence-electron chi connectivity index (χ2n) is 10.6. The maximum atomic E-state index is 13.6. The molecule has 6 heteroatoms. The smallest absolute Gasteiger partial charge is 0.226 e. The number of ketones is 1. The van der Waals surface area contributed by atoms with Crippen molar-refractivity contribution in [2.75, 3.05) is 19.6 Å². The first-order valence-electron chi connectivity index (χ1n) is 13.7. The average molecular weight is 487 g/mol. The monoisotopic (exact) mass is 486 g/mol. The number of nitrogens with zero attached hydrogens (tertiary/aromatic N) is 2. The summed E-state index contributed by atoms with van der Waals surface area (Å²) in [5, 5.41) is 5.81. The van der Waals surface area contributed by atoms with E-state index in [2.05, 4.69) is 57.7 Å². The predicted octanol–water partition coefficient (Wildman–Crippen LogP) is 5.80. The zero-order valence-electron chi connectivity index (χ0n) is 21.4. The maximum absolute atomic E-state index is 13.6. The number of carbonyl (C=O) groups is 2. The average Bonchev–Trinajstić information content (AvgIpc) is 3.43. The first-order chi connectivity index (χ1) is 17.6. The molecular formula is C30H38N4O2. The van der Waals surface area contributed by atoms with Gasteiger partial charge in [-0.05, 0) is 68.6 Å². The van der Waals surface area contributed by atoms with Gasteiger partial charge in [0.05, 0.1) is 23.3 Å². The number of benzene rings is 2. The summed E-state index contributed by atoms with van der Waals surface area (Å²) >= 11 is 0. The van der Waals surface area contributed by atoms with Crippen LogP contribution in [-0.2, 0) is 9.59 Å². The first kappa shape index (κ1) is 24.7. The highest BCUT2D eigenvalue weighted by molar-refractivity contribution is 5.87. The van der Waals surface area contributed by atoms with Crippen LogP contribution in [0, 0.1) is 5.41 Å². The number of rotatable bonds is 11. The SMILES string of the molecule is CCC(=O)CCCCC[C@H](NC(=O)C12CCN(CC1)CC2)c1ncc(-c2ccc3ccccc3c2)[nH]1. The predicted molar refractivity (Wildman–Crippen MR) is 144 cm³/mol. The van der Waals surface area contributed by atoms with E-state index < -0.39 is 0 Å². The summed E-state index contributed by atoms with van der Waals surface area (Å²) in [6.45, 7) is 5.00. The minimum absolute atomic E-state index is 0.150. The summed E-state index contributed by atoms with van der Waals surface area (Å²) in [4.78, 5) is 36.0. The molecule has 4 heterocycles. The molecule has 3 aromatic rings. The van der Waals surface area contributed by atoms with Crippen molar-refractivity contribution in [2.45, 2.75) is 70.8 Å². The van der Waals surface area contributed by atoms with Crippen LogP contribution in [0.5, 0.6) is 0 Å². The van der Waals surface area contributed by atoms with Gasteiger partial charge in [-0.1, -0.05) is 56.2 Å². The van der Waals surface area contributed by atoms with Crippen molar-refractivity contribution in [1.29, 1.82) is 0 Å². The van der Waals surface area contributed by atoms with Gasteiger partial charge in [0, 0.05) is 18.4 Å². The molecule has 190 valence electrons. The lowest BCUT2D eigenvalue weighted by Crippen LogP contribution is -2.55. The van der Waals surface area contributed by atoms with Gasteiger partial charge in [0.15, 0.2) is 0 Å².